The van der Waals surface area contributed by atoms with Crippen LogP contribution in [-0.2, 0) is 16.6 Å². The molecule has 2 N–H and O–H groups in total. The molecule has 0 spiro atoms. The second-order valence-corrected chi connectivity index (χ2v) is 7.00. The number of halogens is 1. The summed E-state index contributed by atoms with van der Waals surface area (Å²) in [5, 5.41) is 12.0. The van der Waals surface area contributed by atoms with Crippen LogP contribution < -0.4 is 5.32 Å². The van der Waals surface area contributed by atoms with Gasteiger partial charge in [0.05, 0.1) is 11.0 Å². The number of carboxylic acids is 1. The molecular weight excluding hydrogens is 349 g/mol. The van der Waals surface area contributed by atoms with Crippen molar-refractivity contribution < 1.29 is 19.1 Å². The quantitative estimate of drug-likeness (QED) is 0.692. The predicted octanol–water partition coefficient (Wildman–Crippen LogP) is 3.49. The number of amides is 1. The summed E-state index contributed by atoms with van der Waals surface area (Å²) in [5.41, 5.74) is 2.14. The number of imidazole rings is 1. The summed E-state index contributed by atoms with van der Waals surface area (Å²) in [6.07, 6.45) is 0.701. The SMILES string of the molecule is Cc1ccc(-c2nc3cc(F)ccc3n2C)cc1NC(=O)C1(C(=O)O)CC1. The molecule has 1 heterocycles. The molecule has 2 aromatic carbocycles. The van der Waals surface area contributed by atoms with Gasteiger partial charge in [0.15, 0.2) is 0 Å². The van der Waals surface area contributed by atoms with Crippen molar-refractivity contribution in [1.82, 2.24) is 9.55 Å². The van der Waals surface area contributed by atoms with Crippen LogP contribution in [0.4, 0.5) is 10.1 Å². The van der Waals surface area contributed by atoms with Crippen LogP contribution in [0.15, 0.2) is 36.4 Å². The van der Waals surface area contributed by atoms with E-state index in [0.717, 1.165) is 16.6 Å². The van der Waals surface area contributed by atoms with E-state index in [1.807, 2.05) is 30.7 Å². The summed E-state index contributed by atoms with van der Waals surface area (Å²) in [6, 6.07) is 9.90. The van der Waals surface area contributed by atoms with Gasteiger partial charge < -0.3 is 15.0 Å². The third-order valence-electron chi connectivity index (χ3n) is 5.18. The monoisotopic (exact) mass is 367 g/mol. The lowest BCUT2D eigenvalue weighted by molar-refractivity contribution is -0.147. The van der Waals surface area contributed by atoms with E-state index >= 15 is 0 Å². The number of aliphatic carboxylic acids is 1. The summed E-state index contributed by atoms with van der Waals surface area (Å²) >= 11 is 0. The van der Waals surface area contributed by atoms with E-state index in [9.17, 15) is 19.1 Å². The normalized spacial score (nSPS) is 14.9. The largest absolute Gasteiger partial charge is 0.480 e. The highest BCUT2D eigenvalue weighted by molar-refractivity contribution is 6.11. The number of benzene rings is 2. The Morgan fingerprint density at radius 1 is 1.22 bits per heavy atom. The Morgan fingerprint density at radius 3 is 2.63 bits per heavy atom. The fourth-order valence-electron chi connectivity index (χ4n) is 3.23. The standard InChI is InChI=1S/C20H18FN3O3/c1-11-3-4-12(9-14(11)23-18(25)20(7-8-20)19(26)27)17-22-15-10-13(21)5-6-16(15)24(17)2/h3-6,9-10H,7-8H2,1-2H3,(H,23,25)(H,26,27). The van der Waals surface area contributed by atoms with Gasteiger partial charge in [-0.25, -0.2) is 9.37 Å². The van der Waals surface area contributed by atoms with Gasteiger partial charge in [-0.05, 0) is 43.5 Å². The Labute approximate surface area is 154 Å². The van der Waals surface area contributed by atoms with Gasteiger partial charge in [-0.3, -0.25) is 9.59 Å². The third-order valence-corrected chi connectivity index (χ3v) is 5.18. The van der Waals surface area contributed by atoms with Crippen molar-refractivity contribution in [3.63, 3.8) is 0 Å². The van der Waals surface area contributed by atoms with Crippen molar-refractivity contribution in [1.29, 1.82) is 0 Å². The van der Waals surface area contributed by atoms with Gasteiger partial charge in [-0.15, -0.1) is 0 Å². The van der Waals surface area contributed by atoms with Crippen LogP contribution in [0.2, 0.25) is 0 Å². The van der Waals surface area contributed by atoms with E-state index < -0.39 is 17.3 Å². The highest BCUT2D eigenvalue weighted by Crippen LogP contribution is 2.47. The number of carbonyl (C=O) groups excluding carboxylic acids is 1. The maximum absolute atomic E-state index is 13.5. The number of carbonyl (C=O) groups is 2. The lowest BCUT2D eigenvalue weighted by atomic mass is 10.1. The minimum absolute atomic E-state index is 0.350. The molecule has 7 heteroatoms. The molecule has 4 rings (SSSR count). The number of nitrogens with zero attached hydrogens (tertiary/aromatic N) is 2. The molecule has 1 aliphatic rings. The van der Waals surface area contributed by atoms with Gasteiger partial charge in [0.1, 0.15) is 17.1 Å². The number of hydrogen-bond acceptors (Lipinski definition) is 3. The second-order valence-electron chi connectivity index (χ2n) is 7.00. The van der Waals surface area contributed by atoms with Crippen molar-refractivity contribution in [2.45, 2.75) is 19.8 Å². The molecule has 27 heavy (non-hydrogen) atoms. The maximum Gasteiger partial charge on any atom is 0.319 e. The number of hydrogen-bond donors (Lipinski definition) is 2. The van der Waals surface area contributed by atoms with Gasteiger partial charge >= 0.3 is 5.97 Å². The summed E-state index contributed by atoms with van der Waals surface area (Å²) in [5.74, 6) is -1.31. The van der Waals surface area contributed by atoms with Crippen molar-refractivity contribution in [3.05, 3.63) is 47.8 Å². The Hall–Kier alpha value is -3.22. The van der Waals surface area contributed by atoms with Crippen LogP contribution in [0.1, 0.15) is 18.4 Å². The minimum Gasteiger partial charge on any atom is -0.480 e. The fraction of sp³-hybridized carbons (Fsp3) is 0.250. The number of nitrogens with one attached hydrogen (secondary N) is 1. The molecule has 138 valence electrons. The molecular formula is C20H18FN3O3. The maximum atomic E-state index is 13.5. The van der Waals surface area contributed by atoms with Crippen molar-refractivity contribution >= 4 is 28.6 Å². The molecule has 1 aromatic heterocycles. The lowest BCUT2D eigenvalue weighted by Crippen LogP contribution is -2.31. The molecule has 1 fully saturated rings. The van der Waals surface area contributed by atoms with Crippen LogP contribution in [-0.4, -0.2) is 26.5 Å². The molecule has 0 bridgehead atoms. The molecule has 0 radical (unpaired) electrons. The molecule has 6 nitrogen and oxygen atoms in total. The molecule has 0 unspecified atom stereocenters. The van der Waals surface area contributed by atoms with Gasteiger partial charge in [0, 0.05) is 24.4 Å². The summed E-state index contributed by atoms with van der Waals surface area (Å²) < 4.78 is 15.3. The Kier molecular flexibility index (Phi) is 3.76. The topological polar surface area (TPSA) is 84.2 Å². The number of aryl methyl sites for hydroxylation is 2. The number of rotatable bonds is 4. The molecule has 3 aromatic rings. The van der Waals surface area contributed by atoms with Crippen molar-refractivity contribution in [2.24, 2.45) is 12.5 Å². The molecule has 1 saturated carbocycles. The molecule has 0 saturated heterocycles. The van der Waals surface area contributed by atoms with E-state index in [-0.39, 0.29) is 5.82 Å². The van der Waals surface area contributed by atoms with E-state index in [1.54, 1.807) is 12.1 Å². The first-order chi connectivity index (χ1) is 12.8. The average molecular weight is 367 g/mol. The van der Waals surface area contributed by atoms with Crippen LogP contribution in [0.25, 0.3) is 22.4 Å². The highest BCUT2D eigenvalue weighted by atomic mass is 19.1. The summed E-state index contributed by atoms with van der Waals surface area (Å²) in [4.78, 5) is 28.3. The lowest BCUT2D eigenvalue weighted by Gasteiger charge is -2.14. The first kappa shape index (κ1) is 17.2. The van der Waals surface area contributed by atoms with Gasteiger partial charge in [0.25, 0.3) is 0 Å². The molecule has 0 atom stereocenters. The van der Waals surface area contributed by atoms with E-state index in [4.69, 9.17) is 0 Å². The van der Waals surface area contributed by atoms with Crippen molar-refractivity contribution in [2.75, 3.05) is 5.32 Å². The van der Waals surface area contributed by atoms with Crippen LogP contribution in [0.3, 0.4) is 0 Å². The Balaban J connectivity index is 1.72. The zero-order chi connectivity index (χ0) is 19.3. The predicted molar refractivity (Wildman–Crippen MR) is 98.8 cm³/mol. The molecule has 1 amide bonds. The first-order valence-corrected chi connectivity index (χ1v) is 8.60. The van der Waals surface area contributed by atoms with Gasteiger partial charge in [0.2, 0.25) is 5.91 Å². The van der Waals surface area contributed by atoms with Gasteiger partial charge in [-0.1, -0.05) is 12.1 Å². The van der Waals surface area contributed by atoms with Crippen molar-refractivity contribution in [3.8, 4) is 11.4 Å². The molecule has 1 aliphatic carbocycles. The summed E-state index contributed by atoms with van der Waals surface area (Å²) in [6.45, 7) is 1.84. The zero-order valence-electron chi connectivity index (χ0n) is 14.9. The fourth-order valence-corrected chi connectivity index (χ4v) is 3.23. The van der Waals surface area contributed by atoms with E-state index in [2.05, 4.69) is 10.3 Å². The van der Waals surface area contributed by atoms with Crippen LogP contribution in [0.5, 0.6) is 0 Å². The van der Waals surface area contributed by atoms with Crippen LogP contribution in [0, 0.1) is 18.2 Å². The third kappa shape index (κ3) is 2.75. The average Bonchev–Trinajstić information content (AvgIpc) is 3.38. The zero-order valence-corrected chi connectivity index (χ0v) is 14.9. The first-order valence-electron chi connectivity index (χ1n) is 8.60. The number of carboxylic acid groups (broad SMARTS) is 1. The minimum atomic E-state index is -1.31. The number of fused-ring (bicyclic) bond motifs is 1. The van der Waals surface area contributed by atoms with Gasteiger partial charge in [-0.2, -0.15) is 0 Å². The Bertz CT molecular complexity index is 1100. The number of aromatic nitrogens is 2. The van der Waals surface area contributed by atoms with Crippen LogP contribution >= 0.6 is 0 Å². The second kappa shape index (κ2) is 5.90. The smallest absolute Gasteiger partial charge is 0.319 e. The highest BCUT2D eigenvalue weighted by Gasteiger charge is 2.57. The molecule has 0 aliphatic heterocycles. The number of anilines is 1. The Morgan fingerprint density at radius 2 is 1.96 bits per heavy atom. The van der Waals surface area contributed by atoms with E-state index in [0.29, 0.717) is 29.9 Å². The van der Waals surface area contributed by atoms with E-state index in [1.165, 1.54) is 12.1 Å². The summed E-state index contributed by atoms with van der Waals surface area (Å²) in [7, 11) is 1.84.